The van der Waals surface area contributed by atoms with Crippen LogP contribution in [0.5, 0.6) is 0 Å². The first kappa shape index (κ1) is 19.1. The van der Waals surface area contributed by atoms with Crippen LogP contribution in [0.1, 0.15) is 13.3 Å². The third-order valence-electron chi connectivity index (χ3n) is 3.75. The molecule has 1 fully saturated rings. The van der Waals surface area contributed by atoms with E-state index >= 15 is 0 Å². The van der Waals surface area contributed by atoms with Crippen LogP contribution in [-0.2, 0) is 14.6 Å². The Hall–Kier alpha value is -1.72. The number of anilines is 2. The second-order valence-corrected chi connectivity index (χ2v) is 10.6. The third kappa shape index (κ3) is 5.15. The molecule has 1 aromatic heterocycles. The molecule has 1 amide bonds. The van der Waals surface area contributed by atoms with Gasteiger partial charge in [0.2, 0.25) is 11.0 Å². The number of sulfone groups is 1. The van der Waals surface area contributed by atoms with E-state index in [1.54, 1.807) is 19.1 Å². The maximum Gasteiger partial charge on any atom is 0.230 e. The largest absolute Gasteiger partial charge is 0.349 e. The molecule has 2 heterocycles. The molecule has 1 aliphatic heterocycles. The summed E-state index contributed by atoms with van der Waals surface area (Å²) in [6.45, 7) is 1.74. The SMILES string of the molecule is C[C@]1(NC(=O)CSc2nnc(Nc3cccc(F)c3)s2)CCS(=O)(=O)C1. The summed E-state index contributed by atoms with van der Waals surface area (Å²) < 4.78 is 36.9. The summed E-state index contributed by atoms with van der Waals surface area (Å²) in [6, 6.07) is 5.99. The molecule has 0 aliphatic carbocycles. The van der Waals surface area contributed by atoms with Crippen LogP contribution >= 0.6 is 23.1 Å². The Morgan fingerprint density at radius 2 is 2.23 bits per heavy atom. The quantitative estimate of drug-likeness (QED) is 0.696. The highest BCUT2D eigenvalue weighted by molar-refractivity contribution is 8.01. The van der Waals surface area contributed by atoms with Crippen LogP contribution in [-0.4, -0.2) is 47.3 Å². The zero-order valence-corrected chi connectivity index (χ0v) is 16.3. The molecule has 1 aliphatic rings. The van der Waals surface area contributed by atoms with Gasteiger partial charge in [-0.2, -0.15) is 0 Å². The zero-order valence-electron chi connectivity index (χ0n) is 13.9. The molecule has 140 valence electrons. The van der Waals surface area contributed by atoms with E-state index in [0.717, 1.165) is 0 Å². The van der Waals surface area contributed by atoms with Crippen LogP contribution < -0.4 is 10.6 Å². The standard InChI is InChI=1S/C15H17FN4O3S3/c1-15(5-6-26(22,23)9-15)18-12(21)8-24-14-20-19-13(25-14)17-11-4-2-3-10(16)7-11/h2-4,7H,5-6,8-9H2,1H3,(H,17,19)(H,18,21)/t15-/m0/s1. The first-order chi connectivity index (χ1) is 12.2. The van der Waals surface area contributed by atoms with Crippen molar-refractivity contribution in [3.8, 4) is 0 Å². The molecule has 11 heteroatoms. The molecule has 1 atom stereocenters. The van der Waals surface area contributed by atoms with Crippen molar-refractivity contribution >= 4 is 49.7 Å². The summed E-state index contributed by atoms with van der Waals surface area (Å²) in [5.41, 5.74) is -0.146. The fourth-order valence-electron chi connectivity index (χ4n) is 2.62. The fourth-order valence-corrected chi connectivity index (χ4v) is 6.28. The Morgan fingerprint density at radius 1 is 1.42 bits per heavy atom. The molecule has 0 spiro atoms. The highest BCUT2D eigenvalue weighted by Crippen LogP contribution is 2.28. The Bertz CT molecular complexity index is 918. The molecule has 0 unspecified atom stereocenters. The first-order valence-corrected chi connectivity index (χ1v) is 11.4. The smallest absolute Gasteiger partial charge is 0.230 e. The number of rotatable bonds is 6. The molecule has 0 radical (unpaired) electrons. The number of nitrogens with zero attached hydrogens (tertiary/aromatic N) is 2. The predicted molar refractivity (Wildman–Crippen MR) is 100 cm³/mol. The van der Waals surface area contributed by atoms with E-state index in [0.29, 0.717) is 21.6 Å². The minimum Gasteiger partial charge on any atom is -0.349 e. The van der Waals surface area contributed by atoms with Gasteiger partial charge in [0, 0.05) is 5.69 Å². The lowest BCUT2D eigenvalue weighted by molar-refractivity contribution is -0.120. The number of aromatic nitrogens is 2. The monoisotopic (exact) mass is 416 g/mol. The van der Waals surface area contributed by atoms with Gasteiger partial charge in [-0.05, 0) is 31.5 Å². The maximum absolute atomic E-state index is 13.2. The molecule has 2 N–H and O–H groups in total. The van der Waals surface area contributed by atoms with Gasteiger partial charge in [-0.15, -0.1) is 10.2 Å². The van der Waals surface area contributed by atoms with Crippen LogP contribution in [0.15, 0.2) is 28.6 Å². The predicted octanol–water partition coefficient (Wildman–Crippen LogP) is 2.21. The summed E-state index contributed by atoms with van der Waals surface area (Å²) >= 11 is 2.46. The summed E-state index contributed by atoms with van der Waals surface area (Å²) in [5, 5.41) is 14.2. The van der Waals surface area contributed by atoms with Crippen LogP contribution in [0.3, 0.4) is 0 Å². The van der Waals surface area contributed by atoms with Gasteiger partial charge in [0.15, 0.2) is 14.2 Å². The van der Waals surface area contributed by atoms with E-state index in [4.69, 9.17) is 0 Å². The van der Waals surface area contributed by atoms with Crippen molar-refractivity contribution < 1.29 is 17.6 Å². The van der Waals surface area contributed by atoms with Gasteiger partial charge in [-0.1, -0.05) is 29.2 Å². The second-order valence-electron chi connectivity index (χ2n) is 6.25. The van der Waals surface area contributed by atoms with Crippen molar-refractivity contribution in [1.29, 1.82) is 0 Å². The van der Waals surface area contributed by atoms with E-state index < -0.39 is 15.4 Å². The molecule has 2 aromatic rings. The molecular formula is C15H17FN4O3S3. The molecular weight excluding hydrogens is 399 g/mol. The number of carbonyl (C=O) groups excluding carboxylic acids is 1. The van der Waals surface area contributed by atoms with Crippen LogP contribution in [0.25, 0.3) is 0 Å². The van der Waals surface area contributed by atoms with E-state index in [1.165, 1.54) is 35.2 Å². The summed E-state index contributed by atoms with van der Waals surface area (Å²) in [5.74, 6) is -0.415. The average molecular weight is 417 g/mol. The van der Waals surface area contributed by atoms with Gasteiger partial charge in [-0.3, -0.25) is 4.79 Å². The lowest BCUT2D eigenvalue weighted by Crippen LogP contribution is -2.47. The van der Waals surface area contributed by atoms with Crippen LogP contribution in [0.2, 0.25) is 0 Å². The van der Waals surface area contributed by atoms with Crippen LogP contribution in [0.4, 0.5) is 15.2 Å². The average Bonchev–Trinajstić information content (AvgIpc) is 3.09. The number of hydrogen-bond donors (Lipinski definition) is 2. The highest BCUT2D eigenvalue weighted by atomic mass is 32.2. The summed E-state index contributed by atoms with van der Waals surface area (Å²) in [7, 11) is -3.07. The number of carbonyl (C=O) groups is 1. The lowest BCUT2D eigenvalue weighted by atomic mass is 10.0. The number of thioether (sulfide) groups is 1. The molecule has 7 nitrogen and oxygen atoms in total. The number of amides is 1. The molecule has 26 heavy (non-hydrogen) atoms. The van der Waals surface area contributed by atoms with Crippen molar-refractivity contribution in [3.63, 3.8) is 0 Å². The molecule has 3 rings (SSSR count). The van der Waals surface area contributed by atoms with Gasteiger partial charge < -0.3 is 10.6 Å². The number of halogens is 1. The number of benzene rings is 1. The fraction of sp³-hybridized carbons (Fsp3) is 0.400. The van der Waals surface area contributed by atoms with Crippen molar-refractivity contribution in [3.05, 3.63) is 30.1 Å². The van der Waals surface area contributed by atoms with E-state index in [2.05, 4.69) is 20.8 Å². The normalized spacial score (nSPS) is 21.5. The van der Waals surface area contributed by atoms with E-state index in [-0.39, 0.29) is 29.0 Å². The van der Waals surface area contributed by atoms with Gasteiger partial charge in [0.05, 0.1) is 22.8 Å². The van der Waals surface area contributed by atoms with Gasteiger partial charge in [0.25, 0.3) is 0 Å². The summed E-state index contributed by atoms with van der Waals surface area (Å²) in [4.78, 5) is 12.1. The molecule has 1 saturated heterocycles. The van der Waals surface area contributed by atoms with E-state index in [9.17, 15) is 17.6 Å². The highest BCUT2D eigenvalue weighted by Gasteiger charge is 2.39. The third-order valence-corrected chi connectivity index (χ3v) is 7.63. The first-order valence-electron chi connectivity index (χ1n) is 7.73. The van der Waals surface area contributed by atoms with Gasteiger partial charge in [-0.25, -0.2) is 12.8 Å². The van der Waals surface area contributed by atoms with E-state index in [1.807, 2.05) is 0 Å². The van der Waals surface area contributed by atoms with Crippen molar-refractivity contribution in [1.82, 2.24) is 15.5 Å². The number of nitrogens with one attached hydrogen (secondary N) is 2. The van der Waals surface area contributed by atoms with Crippen molar-refractivity contribution in [2.45, 2.75) is 23.2 Å². The van der Waals surface area contributed by atoms with Crippen LogP contribution in [0, 0.1) is 5.82 Å². The minimum atomic E-state index is -3.07. The number of hydrogen-bond acceptors (Lipinski definition) is 8. The Kier molecular flexibility index (Phi) is 5.49. The Labute approximate surface area is 158 Å². The Morgan fingerprint density at radius 3 is 2.92 bits per heavy atom. The second kappa shape index (κ2) is 7.49. The maximum atomic E-state index is 13.2. The minimum absolute atomic E-state index is 0.0308. The van der Waals surface area contributed by atoms with Gasteiger partial charge >= 0.3 is 0 Å². The van der Waals surface area contributed by atoms with Gasteiger partial charge in [0.1, 0.15) is 5.82 Å². The van der Waals surface area contributed by atoms with Crippen molar-refractivity contribution in [2.24, 2.45) is 0 Å². The molecule has 1 aromatic carbocycles. The lowest BCUT2D eigenvalue weighted by Gasteiger charge is -2.23. The Balaban J connectivity index is 1.51. The topological polar surface area (TPSA) is 101 Å². The molecule has 0 bridgehead atoms. The van der Waals surface area contributed by atoms with Crippen molar-refractivity contribution in [2.75, 3.05) is 22.6 Å². The molecule has 0 saturated carbocycles. The summed E-state index contributed by atoms with van der Waals surface area (Å²) in [6.07, 6.45) is 0.423. The zero-order chi connectivity index (χ0) is 18.8.